The lowest BCUT2D eigenvalue weighted by Crippen LogP contribution is -2.30. The second-order valence-corrected chi connectivity index (χ2v) is 5.73. The van der Waals surface area contributed by atoms with Gasteiger partial charge < -0.3 is 4.90 Å². The highest BCUT2D eigenvalue weighted by Crippen LogP contribution is 2.39. The standard InChI is InChI=1S/C16H12ClF2N5/c17-14-13(12-10(18)5-4-6-11(12)19)15(23-7-2-1-3-8-23)24-16(22-14)20-9-21-24/h1-2,4-6,9H,3,7-8H2. The number of rotatable bonds is 2. The highest BCUT2D eigenvalue weighted by atomic mass is 35.5. The smallest absolute Gasteiger partial charge is 0.255 e. The summed E-state index contributed by atoms with van der Waals surface area (Å²) < 4.78 is 30.2. The highest BCUT2D eigenvalue weighted by molar-refractivity contribution is 6.33. The molecular weight excluding hydrogens is 336 g/mol. The summed E-state index contributed by atoms with van der Waals surface area (Å²) in [4.78, 5) is 10.1. The molecule has 0 spiro atoms. The van der Waals surface area contributed by atoms with Crippen molar-refractivity contribution in [2.24, 2.45) is 0 Å². The molecule has 5 nitrogen and oxygen atoms in total. The third-order valence-corrected chi connectivity index (χ3v) is 4.20. The van der Waals surface area contributed by atoms with Crippen molar-refractivity contribution in [2.75, 3.05) is 18.0 Å². The zero-order valence-electron chi connectivity index (χ0n) is 12.5. The molecule has 24 heavy (non-hydrogen) atoms. The van der Waals surface area contributed by atoms with Gasteiger partial charge in [-0.3, -0.25) is 0 Å². The summed E-state index contributed by atoms with van der Waals surface area (Å²) in [5, 5.41) is 4.14. The van der Waals surface area contributed by atoms with Crippen molar-refractivity contribution in [1.82, 2.24) is 19.6 Å². The van der Waals surface area contributed by atoms with E-state index in [1.165, 1.54) is 29.0 Å². The van der Waals surface area contributed by atoms with Crippen molar-refractivity contribution in [3.8, 4) is 11.1 Å². The van der Waals surface area contributed by atoms with Crippen LogP contribution in [0.25, 0.3) is 16.9 Å². The molecular formula is C16H12ClF2N5. The molecule has 1 aliphatic rings. The summed E-state index contributed by atoms with van der Waals surface area (Å²) in [5.74, 6) is -0.639. The Labute approximate surface area is 141 Å². The lowest BCUT2D eigenvalue weighted by Gasteiger charge is -2.28. The Bertz CT molecular complexity index is 933. The van der Waals surface area contributed by atoms with E-state index in [2.05, 4.69) is 21.1 Å². The van der Waals surface area contributed by atoms with Crippen molar-refractivity contribution in [3.63, 3.8) is 0 Å². The summed E-state index contributed by atoms with van der Waals surface area (Å²) in [5.41, 5.74) is -0.0301. The van der Waals surface area contributed by atoms with Gasteiger partial charge in [0.25, 0.3) is 5.78 Å². The molecule has 1 aromatic carbocycles. The molecule has 0 unspecified atom stereocenters. The maximum Gasteiger partial charge on any atom is 0.255 e. The van der Waals surface area contributed by atoms with E-state index >= 15 is 0 Å². The zero-order chi connectivity index (χ0) is 16.7. The van der Waals surface area contributed by atoms with Crippen LogP contribution >= 0.6 is 11.6 Å². The van der Waals surface area contributed by atoms with Crippen LogP contribution in [0.4, 0.5) is 14.6 Å². The molecule has 0 bridgehead atoms. The Morgan fingerprint density at radius 1 is 1.08 bits per heavy atom. The van der Waals surface area contributed by atoms with Crippen molar-refractivity contribution in [3.05, 3.63) is 53.5 Å². The average molecular weight is 348 g/mol. The van der Waals surface area contributed by atoms with Crippen molar-refractivity contribution in [2.45, 2.75) is 6.42 Å². The first-order valence-corrected chi connectivity index (χ1v) is 7.78. The first kappa shape index (κ1) is 15.0. The third-order valence-electron chi connectivity index (χ3n) is 3.93. The van der Waals surface area contributed by atoms with Gasteiger partial charge in [-0.15, -0.1) is 0 Å². The molecule has 0 saturated heterocycles. The Morgan fingerprint density at radius 2 is 1.88 bits per heavy atom. The molecule has 0 saturated carbocycles. The van der Waals surface area contributed by atoms with Crippen LogP contribution in [-0.4, -0.2) is 32.7 Å². The number of aromatic nitrogens is 4. The zero-order valence-corrected chi connectivity index (χ0v) is 13.2. The molecule has 0 fully saturated rings. The first-order chi connectivity index (χ1) is 11.7. The normalized spacial score (nSPS) is 14.5. The average Bonchev–Trinajstić information content (AvgIpc) is 3.03. The van der Waals surface area contributed by atoms with Crippen LogP contribution in [0.1, 0.15) is 6.42 Å². The number of anilines is 1. The number of hydrogen-bond donors (Lipinski definition) is 0. The quantitative estimate of drug-likeness (QED) is 0.526. The second kappa shape index (κ2) is 5.83. The fourth-order valence-electron chi connectivity index (χ4n) is 2.88. The fourth-order valence-corrected chi connectivity index (χ4v) is 3.13. The van der Waals surface area contributed by atoms with E-state index in [1.54, 1.807) is 0 Å². The van der Waals surface area contributed by atoms with E-state index in [1.807, 2.05) is 11.0 Å². The van der Waals surface area contributed by atoms with Crippen molar-refractivity contribution in [1.29, 1.82) is 0 Å². The van der Waals surface area contributed by atoms with Gasteiger partial charge in [-0.05, 0) is 18.6 Å². The molecule has 8 heteroatoms. The van der Waals surface area contributed by atoms with Gasteiger partial charge >= 0.3 is 0 Å². The van der Waals surface area contributed by atoms with Gasteiger partial charge in [0, 0.05) is 13.1 Å². The summed E-state index contributed by atoms with van der Waals surface area (Å²) in [7, 11) is 0. The summed E-state index contributed by atoms with van der Waals surface area (Å²) in [6, 6.07) is 3.70. The van der Waals surface area contributed by atoms with Crippen LogP contribution in [-0.2, 0) is 0 Å². The fraction of sp³-hybridized carbons (Fsp3) is 0.188. The number of nitrogens with zero attached hydrogens (tertiary/aromatic N) is 5. The molecule has 122 valence electrons. The number of hydrogen-bond acceptors (Lipinski definition) is 4. The molecule has 3 aromatic rings. The Hall–Kier alpha value is -2.54. The molecule has 2 aromatic heterocycles. The minimum atomic E-state index is -0.702. The third kappa shape index (κ3) is 2.32. The van der Waals surface area contributed by atoms with E-state index < -0.39 is 11.6 Å². The van der Waals surface area contributed by atoms with Gasteiger partial charge in [-0.1, -0.05) is 29.8 Å². The van der Waals surface area contributed by atoms with Crippen LogP contribution < -0.4 is 4.90 Å². The lowest BCUT2D eigenvalue weighted by molar-refractivity contribution is 0.589. The van der Waals surface area contributed by atoms with E-state index in [0.29, 0.717) is 18.9 Å². The topological polar surface area (TPSA) is 46.3 Å². The van der Waals surface area contributed by atoms with Gasteiger partial charge in [0.1, 0.15) is 28.9 Å². The van der Waals surface area contributed by atoms with Crippen LogP contribution in [0.5, 0.6) is 0 Å². The van der Waals surface area contributed by atoms with Gasteiger partial charge in [0.15, 0.2) is 0 Å². The largest absolute Gasteiger partial charge is 0.352 e. The van der Waals surface area contributed by atoms with E-state index in [-0.39, 0.29) is 22.1 Å². The molecule has 0 N–H and O–H groups in total. The van der Waals surface area contributed by atoms with Crippen LogP contribution in [0.2, 0.25) is 5.15 Å². The van der Waals surface area contributed by atoms with E-state index in [9.17, 15) is 8.78 Å². The van der Waals surface area contributed by atoms with Crippen LogP contribution in [0, 0.1) is 11.6 Å². The molecule has 0 amide bonds. The van der Waals surface area contributed by atoms with Gasteiger partial charge in [0.05, 0.1) is 11.1 Å². The van der Waals surface area contributed by atoms with E-state index in [0.717, 1.165) is 6.42 Å². The molecule has 1 aliphatic heterocycles. The van der Waals surface area contributed by atoms with Gasteiger partial charge in [0.2, 0.25) is 0 Å². The van der Waals surface area contributed by atoms with Crippen molar-refractivity contribution >= 4 is 23.2 Å². The summed E-state index contributed by atoms with van der Waals surface area (Å²) in [6.07, 6.45) is 6.20. The predicted molar refractivity (Wildman–Crippen MR) is 87.1 cm³/mol. The monoisotopic (exact) mass is 347 g/mol. The van der Waals surface area contributed by atoms with Crippen LogP contribution in [0.15, 0.2) is 36.7 Å². The second-order valence-electron chi connectivity index (χ2n) is 5.38. The molecule has 0 atom stereocenters. The van der Waals surface area contributed by atoms with Crippen molar-refractivity contribution < 1.29 is 8.78 Å². The van der Waals surface area contributed by atoms with Gasteiger partial charge in [-0.2, -0.15) is 19.6 Å². The molecule has 0 radical (unpaired) electrons. The minimum Gasteiger partial charge on any atom is -0.352 e. The molecule has 4 rings (SSSR count). The first-order valence-electron chi connectivity index (χ1n) is 7.40. The van der Waals surface area contributed by atoms with Gasteiger partial charge in [-0.25, -0.2) is 8.78 Å². The Kier molecular flexibility index (Phi) is 3.65. The number of benzene rings is 1. The summed E-state index contributed by atoms with van der Waals surface area (Å²) in [6.45, 7) is 1.26. The van der Waals surface area contributed by atoms with Crippen LogP contribution in [0.3, 0.4) is 0 Å². The Balaban J connectivity index is 2.07. The Morgan fingerprint density at radius 3 is 2.58 bits per heavy atom. The maximum atomic E-state index is 14.4. The predicted octanol–water partition coefficient (Wildman–Crippen LogP) is 3.49. The van der Waals surface area contributed by atoms with E-state index in [4.69, 9.17) is 11.6 Å². The molecule has 3 heterocycles. The highest BCUT2D eigenvalue weighted by Gasteiger charge is 2.26. The minimum absolute atomic E-state index is 0.0101. The maximum absolute atomic E-state index is 14.4. The lowest BCUT2D eigenvalue weighted by atomic mass is 10.1. The number of fused-ring (bicyclic) bond motifs is 1. The SMILES string of the molecule is Fc1cccc(F)c1-c1c(Cl)nc2ncnn2c1N1CC=CCC1. The summed E-state index contributed by atoms with van der Waals surface area (Å²) >= 11 is 6.29. The number of halogens is 3. The molecule has 0 aliphatic carbocycles.